The molecule has 0 spiro atoms. The van der Waals surface area contributed by atoms with Crippen molar-refractivity contribution < 1.29 is 14.5 Å². The Bertz CT molecular complexity index is 748. The lowest BCUT2D eigenvalue weighted by Gasteiger charge is -2.14. The van der Waals surface area contributed by atoms with Gasteiger partial charge in [0.2, 0.25) is 6.23 Å². The summed E-state index contributed by atoms with van der Waals surface area (Å²) in [5.74, 6) is -0.424. The van der Waals surface area contributed by atoms with Crippen molar-refractivity contribution in [2.75, 3.05) is 5.32 Å². The third kappa shape index (κ3) is 2.41. The zero-order valence-electron chi connectivity index (χ0n) is 10.6. The maximum Gasteiger partial charge on any atom is 0.340 e. The fourth-order valence-electron chi connectivity index (χ4n) is 2.15. The number of ether oxygens (including phenoxy) is 1. The third-order valence-electron chi connectivity index (χ3n) is 3.13. The van der Waals surface area contributed by atoms with Crippen molar-refractivity contribution in [2.24, 2.45) is 0 Å². The van der Waals surface area contributed by atoms with Crippen molar-refractivity contribution in [3.05, 3.63) is 68.7 Å². The van der Waals surface area contributed by atoms with Crippen LogP contribution in [0.5, 0.6) is 0 Å². The van der Waals surface area contributed by atoms with E-state index in [1.807, 2.05) is 0 Å². The van der Waals surface area contributed by atoms with E-state index < -0.39 is 17.1 Å². The maximum absolute atomic E-state index is 11.7. The Labute approximate surface area is 124 Å². The largest absolute Gasteiger partial charge is 0.434 e. The van der Waals surface area contributed by atoms with Crippen LogP contribution < -0.4 is 5.32 Å². The van der Waals surface area contributed by atoms with Gasteiger partial charge in [0, 0.05) is 17.3 Å². The molecule has 106 valence electrons. The van der Waals surface area contributed by atoms with Crippen molar-refractivity contribution in [1.29, 1.82) is 0 Å². The highest BCUT2D eigenvalue weighted by Crippen LogP contribution is 2.33. The van der Waals surface area contributed by atoms with Crippen LogP contribution in [0, 0.1) is 10.1 Å². The molecular weight excluding hydrogens is 296 g/mol. The van der Waals surface area contributed by atoms with Crippen LogP contribution in [-0.4, -0.2) is 10.9 Å². The molecule has 0 bridgehead atoms. The number of rotatable bonds is 3. The molecule has 21 heavy (non-hydrogen) atoms. The van der Waals surface area contributed by atoms with Crippen LogP contribution in [0.15, 0.2) is 42.5 Å². The first-order valence-electron chi connectivity index (χ1n) is 6.06. The van der Waals surface area contributed by atoms with Gasteiger partial charge in [-0.25, -0.2) is 4.79 Å². The van der Waals surface area contributed by atoms with E-state index in [-0.39, 0.29) is 10.7 Å². The highest BCUT2D eigenvalue weighted by atomic mass is 35.5. The lowest BCUT2D eigenvalue weighted by molar-refractivity contribution is -0.384. The second-order valence-electron chi connectivity index (χ2n) is 4.44. The molecule has 0 radical (unpaired) electrons. The number of cyclic esters (lactones) is 1. The fraction of sp³-hybridized carbons (Fsp3) is 0.0714. The van der Waals surface area contributed by atoms with Crippen LogP contribution in [0.1, 0.15) is 22.1 Å². The first-order valence-corrected chi connectivity index (χ1v) is 6.44. The molecule has 0 saturated carbocycles. The normalized spacial score (nSPS) is 16.2. The number of anilines is 1. The summed E-state index contributed by atoms with van der Waals surface area (Å²) in [5, 5.41) is 13.9. The highest BCUT2D eigenvalue weighted by molar-refractivity contribution is 6.32. The minimum Gasteiger partial charge on any atom is -0.434 e. The molecule has 1 aliphatic heterocycles. The molecule has 0 fully saturated rings. The van der Waals surface area contributed by atoms with Crippen LogP contribution in [-0.2, 0) is 4.74 Å². The average Bonchev–Trinajstić information content (AvgIpc) is 2.78. The summed E-state index contributed by atoms with van der Waals surface area (Å²) in [5.41, 5.74) is 1.42. The molecule has 1 unspecified atom stereocenters. The number of hydrogen-bond acceptors (Lipinski definition) is 5. The highest BCUT2D eigenvalue weighted by Gasteiger charge is 2.30. The Morgan fingerprint density at radius 2 is 2.00 bits per heavy atom. The smallest absolute Gasteiger partial charge is 0.340 e. The molecule has 1 atom stereocenters. The Balaban J connectivity index is 1.90. The van der Waals surface area contributed by atoms with Crippen LogP contribution in [0.3, 0.4) is 0 Å². The van der Waals surface area contributed by atoms with E-state index in [0.717, 1.165) is 0 Å². The standard InChI is InChI=1S/C14H9ClN2O4/c15-11-6-5-8(7-12(11)17(19)20)16-13-9-3-1-2-4-10(9)14(18)21-13/h1-7,13,16H. The van der Waals surface area contributed by atoms with Gasteiger partial charge < -0.3 is 10.1 Å². The van der Waals surface area contributed by atoms with Gasteiger partial charge in [0.15, 0.2) is 0 Å². The van der Waals surface area contributed by atoms with Crippen LogP contribution in [0.4, 0.5) is 11.4 Å². The zero-order chi connectivity index (χ0) is 15.0. The van der Waals surface area contributed by atoms with Crippen molar-refractivity contribution in [3.63, 3.8) is 0 Å². The Morgan fingerprint density at radius 1 is 1.24 bits per heavy atom. The topological polar surface area (TPSA) is 81.5 Å². The van der Waals surface area contributed by atoms with E-state index in [1.165, 1.54) is 12.1 Å². The van der Waals surface area contributed by atoms with Gasteiger partial charge in [0.1, 0.15) is 5.02 Å². The Morgan fingerprint density at radius 3 is 2.76 bits per heavy atom. The van der Waals surface area contributed by atoms with Crippen molar-refractivity contribution in [2.45, 2.75) is 6.23 Å². The molecule has 7 heteroatoms. The van der Waals surface area contributed by atoms with E-state index in [0.29, 0.717) is 16.8 Å². The lowest BCUT2D eigenvalue weighted by Crippen LogP contribution is -2.10. The van der Waals surface area contributed by atoms with Gasteiger partial charge in [0.25, 0.3) is 5.69 Å². The summed E-state index contributed by atoms with van der Waals surface area (Å²) >= 11 is 5.76. The third-order valence-corrected chi connectivity index (χ3v) is 3.45. The second kappa shape index (κ2) is 5.06. The predicted molar refractivity (Wildman–Crippen MR) is 76.3 cm³/mol. The summed E-state index contributed by atoms with van der Waals surface area (Å²) in [4.78, 5) is 22.0. The number of benzene rings is 2. The van der Waals surface area contributed by atoms with E-state index in [4.69, 9.17) is 16.3 Å². The van der Waals surface area contributed by atoms with Crippen molar-refractivity contribution in [3.8, 4) is 0 Å². The molecule has 0 aliphatic carbocycles. The number of hydrogen-bond donors (Lipinski definition) is 1. The summed E-state index contributed by atoms with van der Waals surface area (Å²) in [6, 6.07) is 11.3. The number of esters is 1. The number of nitro groups is 1. The Hall–Kier alpha value is -2.60. The number of nitrogens with zero attached hydrogens (tertiary/aromatic N) is 1. The molecule has 2 aromatic rings. The van der Waals surface area contributed by atoms with E-state index >= 15 is 0 Å². The van der Waals surface area contributed by atoms with Crippen LogP contribution in [0.2, 0.25) is 5.02 Å². The van der Waals surface area contributed by atoms with Gasteiger partial charge in [-0.2, -0.15) is 0 Å². The molecule has 1 heterocycles. The molecular formula is C14H9ClN2O4. The molecule has 0 aromatic heterocycles. The van der Waals surface area contributed by atoms with E-state index in [2.05, 4.69) is 5.32 Å². The number of carbonyl (C=O) groups is 1. The van der Waals surface area contributed by atoms with E-state index in [1.54, 1.807) is 30.3 Å². The van der Waals surface area contributed by atoms with Gasteiger partial charge in [0.05, 0.1) is 10.5 Å². The Kier molecular flexibility index (Phi) is 3.23. The molecule has 3 rings (SSSR count). The summed E-state index contributed by atoms with van der Waals surface area (Å²) in [6.07, 6.45) is -0.672. The number of nitro benzene ring substituents is 1. The lowest BCUT2D eigenvalue weighted by atomic mass is 10.1. The molecule has 1 aliphatic rings. The molecule has 6 nitrogen and oxygen atoms in total. The molecule has 0 saturated heterocycles. The van der Waals surface area contributed by atoms with Gasteiger partial charge in [-0.1, -0.05) is 29.8 Å². The van der Waals surface area contributed by atoms with E-state index in [9.17, 15) is 14.9 Å². The molecule has 2 aromatic carbocycles. The van der Waals surface area contributed by atoms with Crippen molar-refractivity contribution in [1.82, 2.24) is 0 Å². The number of fused-ring (bicyclic) bond motifs is 1. The first kappa shape index (κ1) is 13.4. The predicted octanol–water partition coefficient (Wildman–Crippen LogP) is 3.53. The summed E-state index contributed by atoms with van der Waals surface area (Å²) in [6.45, 7) is 0. The SMILES string of the molecule is O=C1OC(Nc2ccc(Cl)c([N+](=O)[O-])c2)c2ccccc21. The van der Waals surface area contributed by atoms with Gasteiger partial charge in [-0.05, 0) is 18.2 Å². The quantitative estimate of drug-likeness (QED) is 0.533. The van der Waals surface area contributed by atoms with Crippen molar-refractivity contribution >= 4 is 28.9 Å². The van der Waals surface area contributed by atoms with Gasteiger partial charge >= 0.3 is 5.97 Å². The molecule has 0 amide bonds. The number of carbonyl (C=O) groups excluding carboxylic acids is 1. The zero-order valence-corrected chi connectivity index (χ0v) is 11.3. The molecule has 1 N–H and O–H groups in total. The van der Waals surface area contributed by atoms with Gasteiger partial charge in [-0.15, -0.1) is 0 Å². The maximum atomic E-state index is 11.7. The second-order valence-corrected chi connectivity index (χ2v) is 4.85. The van der Waals surface area contributed by atoms with Gasteiger partial charge in [-0.3, -0.25) is 10.1 Å². The average molecular weight is 305 g/mol. The summed E-state index contributed by atoms with van der Waals surface area (Å²) < 4.78 is 5.21. The number of halogens is 1. The van der Waals surface area contributed by atoms with Crippen LogP contribution >= 0.6 is 11.6 Å². The van der Waals surface area contributed by atoms with Crippen LogP contribution in [0.25, 0.3) is 0 Å². The first-order chi connectivity index (χ1) is 10.1. The minimum atomic E-state index is -0.672. The summed E-state index contributed by atoms with van der Waals surface area (Å²) in [7, 11) is 0. The number of nitrogens with one attached hydrogen (secondary N) is 1. The fourth-order valence-corrected chi connectivity index (χ4v) is 2.33. The minimum absolute atomic E-state index is 0.0503. The monoisotopic (exact) mass is 304 g/mol.